The van der Waals surface area contributed by atoms with Crippen molar-refractivity contribution in [2.24, 2.45) is 46.3 Å². The first-order valence-corrected chi connectivity index (χ1v) is 27.5. The fourth-order valence-corrected chi connectivity index (χ4v) is 15.4. The third-order valence-electron chi connectivity index (χ3n) is 19.9. The van der Waals surface area contributed by atoms with Crippen molar-refractivity contribution in [3.63, 3.8) is 0 Å². The highest BCUT2D eigenvalue weighted by Crippen LogP contribution is 2.70. The molecule has 0 aromatic heterocycles. The monoisotopic (exact) mass is 1090 g/mol. The molecule has 0 radical (unpaired) electrons. The van der Waals surface area contributed by atoms with Gasteiger partial charge in [-0.25, -0.2) is 0 Å². The molecule has 24 heteroatoms. The average Bonchev–Trinajstić information content (AvgIpc) is 3.93. The normalized spacial score (nSPS) is 53.8. The van der Waals surface area contributed by atoms with Crippen molar-refractivity contribution in [3.05, 3.63) is 11.6 Å². The van der Waals surface area contributed by atoms with Crippen LogP contribution in [0.2, 0.25) is 0 Å². The fraction of sp³-hybridized carbons (Fsp3) is 0.962. The first kappa shape index (κ1) is 59.4. The standard InChI is InChI=1S/C52H86O24/c1-21(20-68-46-41(64)37(60)34(57)29(16-53)70-46)8-13-52(67-5)22(2)33-28(76-52)15-27-25-7-6-23-14-24(9-11-50(23,3)26(25)10-12-51(27,33)4)69-47-43(66)40(63)44(32(19-56)73-47)74-49-45(39(62)36(59)31(18-55)72-49)75-48-42(65)38(61)35(58)30(17-54)71-48/h6,21-22,24-49,53-66H,7-20H2,1-5H3/t21-,22+,24+,25-,26+,27+,28+,29-,30-,31-,32-,33+,34-,35-,36-,37+,38+,39+,40-,41-,42-,43-,44-,45-,46-,47-,48+,49+,50+,51+,52-/m1/s1. The van der Waals surface area contributed by atoms with Crippen LogP contribution in [0.4, 0.5) is 0 Å². The molecule has 0 unspecified atom stereocenters. The average molecular weight is 1100 g/mol. The van der Waals surface area contributed by atoms with E-state index in [1.54, 1.807) is 7.11 Å². The van der Waals surface area contributed by atoms with E-state index in [2.05, 4.69) is 26.8 Å². The van der Waals surface area contributed by atoms with Crippen molar-refractivity contribution in [3.8, 4) is 0 Å². The lowest BCUT2D eigenvalue weighted by Gasteiger charge is -2.58. The highest BCUT2D eigenvalue weighted by molar-refractivity contribution is 5.26. The maximum absolute atomic E-state index is 11.6. The Morgan fingerprint density at radius 1 is 0.618 bits per heavy atom. The van der Waals surface area contributed by atoms with Crippen molar-refractivity contribution < 1.29 is 119 Å². The quantitative estimate of drug-likeness (QED) is 0.0632. The molecule has 5 aliphatic heterocycles. The topological polar surface area (TPSA) is 376 Å². The van der Waals surface area contributed by atoms with Gasteiger partial charge in [0.05, 0.1) is 45.2 Å². The summed E-state index contributed by atoms with van der Waals surface area (Å²) in [6, 6.07) is 0. The van der Waals surface area contributed by atoms with E-state index < -0.39 is 161 Å². The predicted molar refractivity (Wildman–Crippen MR) is 256 cm³/mol. The molecule has 24 nitrogen and oxygen atoms in total. The second-order valence-electron chi connectivity index (χ2n) is 24.0. The lowest BCUT2D eigenvalue weighted by atomic mass is 9.47. The van der Waals surface area contributed by atoms with Gasteiger partial charge in [0.1, 0.15) is 97.7 Å². The van der Waals surface area contributed by atoms with Gasteiger partial charge in [-0.1, -0.05) is 39.3 Å². The van der Waals surface area contributed by atoms with Crippen LogP contribution in [0.15, 0.2) is 11.6 Å². The molecule has 14 N–H and O–H groups in total. The summed E-state index contributed by atoms with van der Waals surface area (Å²) in [6.07, 6.45) is -22.6. The minimum absolute atomic E-state index is 0.00200. The zero-order chi connectivity index (χ0) is 54.9. The van der Waals surface area contributed by atoms with Crippen LogP contribution < -0.4 is 0 Å². The molecule has 31 atom stereocenters. The molecule has 5 heterocycles. The lowest BCUT2D eigenvalue weighted by Crippen LogP contribution is -2.67. The Morgan fingerprint density at radius 3 is 1.79 bits per heavy atom. The minimum Gasteiger partial charge on any atom is -0.394 e. The van der Waals surface area contributed by atoms with E-state index in [4.69, 9.17) is 47.4 Å². The molecular formula is C52H86O24. The number of ether oxygens (including phenoxy) is 10. The molecule has 0 bridgehead atoms. The Balaban J connectivity index is 0.805. The van der Waals surface area contributed by atoms with E-state index in [9.17, 15) is 71.5 Å². The van der Waals surface area contributed by atoms with Crippen LogP contribution in [-0.4, -0.2) is 252 Å². The highest BCUT2D eigenvalue weighted by Gasteiger charge is 2.68. The van der Waals surface area contributed by atoms with Gasteiger partial charge in [-0.3, -0.25) is 0 Å². The molecule has 9 aliphatic rings. The molecule has 4 aliphatic carbocycles. The fourth-order valence-electron chi connectivity index (χ4n) is 15.4. The summed E-state index contributed by atoms with van der Waals surface area (Å²) in [6.45, 7) is 6.43. The van der Waals surface area contributed by atoms with Gasteiger partial charge in [0.15, 0.2) is 30.9 Å². The van der Waals surface area contributed by atoms with Gasteiger partial charge in [0.2, 0.25) is 0 Å². The Labute approximate surface area is 442 Å². The van der Waals surface area contributed by atoms with E-state index in [0.29, 0.717) is 43.4 Å². The summed E-state index contributed by atoms with van der Waals surface area (Å²) in [5.74, 6) is 0.891. The molecule has 5 saturated heterocycles. The minimum atomic E-state index is -1.92. The number of hydrogen-bond donors (Lipinski definition) is 14. The smallest absolute Gasteiger partial charge is 0.187 e. The van der Waals surface area contributed by atoms with Crippen molar-refractivity contribution in [2.75, 3.05) is 40.1 Å². The molecule has 0 aromatic carbocycles. The second kappa shape index (κ2) is 23.6. The Hall–Kier alpha value is -1.22. The summed E-state index contributed by atoms with van der Waals surface area (Å²) in [4.78, 5) is 0. The van der Waals surface area contributed by atoms with E-state index in [1.807, 2.05) is 6.92 Å². The van der Waals surface area contributed by atoms with Gasteiger partial charge in [-0.2, -0.15) is 0 Å². The van der Waals surface area contributed by atoms with Gasteiger partial charge in [0, 0.05) is 19.4 Å². The number of methoxy groups -OCH3 is 1. The van der Waals surface area contributed by atoms with Gasteiger partial charge >= 0.3 is 0 Å². The largest absolute Gasteiger partial charge is 0.394 e. The highest BCUT2D eigenvalue weighted by atomic mass is 16.8. The maximum atomic E-state index is 11.6. The molecule has 0 aromatic rings. The van der Waals surface area contributed by atoms with Crippen molar-refractivity contribution in [2.45, 2.75) is 226 Å². The SMILES string of the molecule is CO[C@]1(CC[C@@H](C)CO[C@@H]2O[C@H](CO)[C@@H](O)[C@H](O)[C@H]2O)O[C@H]2C[C@H]3[C@@H]4CC=C5C[C@@H](O[C@@H]6O[C@H](CO)[C@@H](O[C@@H]7O[C@H](CO)[C@@H](O)[C@H](O)[C@H]7O[C@@H]7O[C@H](CO)[C@@H](O)[C@H](O)[C@H]7O)[C@H](O)[C@H]6O)CC[C@]5(C)[C@H]4CC[C@]3(C)[C@H]2[C@@H]1C. The third kappa shape index (κ3) is 10.5. The lowest BCUT2D eigenvalue weighted by molar-refractivity contribution is -0.390. The molecular weight excluding hydrogens is 1010 g/mol. The number of aliphatic hydroxyl groups is 14. The summed E-state index contributed by atoms with van der Waals surface area (Å²) in [5, 5.41) is 147. The van der Waals surface area contributed by atoms with Crippen LogP contribution in [0.1, 0.15) is 85.5 Å². The number of fused-ring (bicyclic) bond motifs is 7. The molecule has 76 heavy (non-hydrogen) atoms. The summed E-state index contributed by atoms with van der Waals surface area (Å²) >= 11 is 0. The van der Waals surface area contributed by atoms with Crippen LogP contribution in [0, 0.1) is 46.3 Å². The van der Waals surface area contributed by atoms with Gasteiger partial charge in [0.25, 0.3) is 0 Å². The van der Waals surface area contributed by atoms with Crippen LogP contribution in [0.25, 0.3) is 0 Å². The van der Waals surface area contributed by atoms with Crippen LogP contribution in [0.3, 0.4) is 0 Å². The number of aliphatic hydroxyl groups excluding tert-OH is 14. The summed E-state index contributed by atoms with van der Waals surface area (Å²) < 4.78 is 60.3. The summed E-state index contributed by atoms with van der Waals surface area (Å²) in [5.41, 5.74) is 1.20. The molecule has 0 amide bonds. The van der Waals surface area contributed by atoms with Crippen molar-refractivity contribution >= 4 is 0 Å². The van der Waals surface area contributed by atoms with Gasteiger partial charge in [-0.15, -0.1) is 0 Å². The first-order chi connectivity index (χ1) is 36.1. The number of hydrogen-bond acceptors (Lipinski definition) is 24. The number of rotatable bonds is 17. The molecule has 8 fully saturated rings. The third-order valence-corrected chi connectivity index (χ3v) is 19.9. The molecule has 438 valence electrons. The zero-order valence-corrected chi connectivity index (χ0v) is 44.0. The predicted octanol–water partition coefficient (Wildman–Crippen LogP) is -3.38. The Morgan fingerprint density at radius 2 is 1.16 bits per heavy atom. The van der Waals surface area contributed by atoms with Crippen LogP contribution >= 0.6 is 0 Å². The second-order valence-corrected chi connectivity index (χ2v) is 24.0. The zero-order valence-electron chi connectivity index (χ0n) is 44.0. The van der Waals surface area contributed by atoms with Crippen molar-refractivity contribution in [1.29, 1.82) is 0 Å². The molecule has 0 spiro atoms. The Kier molecular flexibility index (Phi) is 18.4. The van der Waals surface area contributed by atoms with Crippen molar-refractivity contribution in [1.82, 2.24) is 0 Å². The van der Waals surface area contributed by atoms with E-state index in [1.165, 1.54) is 5.57 Å². The van der Waals surface area contributed by atoms with Gasteiger partial charge < -0.3 is 119 Å². The maximum Gasteiger partial charge on any atom is 0.187 e. The van der Waals surface area contributed by atoms with Crippen LogP contribution in [-0.2, 0) is 47.4 Å². The van der Waals surface area contributed by atoms with E-state index in [0.717, 1.165) is 32.1 Å². The van der Waals surface area contributed by atoms with E-state index >= 15 is 0 Å². The number of allylic oxidation sites excluding steroid dienone is 1. The van der Waals surface area contributed by atoms with E-state index in [-0.39, 0.29) is 41.3 Å². The summed E-state index contributed by atoms with van der Waals surface area (Å²) in [7, 11) is 1.71. The van der Waals surface area contributed by atoms with Gasteiger partial charge in [-0.05, 0) is 91.8 Å². The van der Waals surface area contributed by atoms with Crippen LogP contribution in [0.5, 0.6) is 0 Å². The first-order valence-electron chi connectivity index (χ1n) is 27.5. The molecule has 9 rings (SSSR count). The molecule has 3 saturated carbocycles. The Bertz CT molecular complexity index is 1950.